The van der Waals surface area contributed by atoms with Crippen molar-refractivity contribution in [2.75, 3.05) is 31.9 Å². The molecule has 0 unspecified atom stereocenters. The highest BCUT2D eigenvalue weighted by atomic mass is 16.4. The van der Waals surface area contributed by atoms with Gasteiger partial charge in [-0.2, -0.15) is 0 Å². The number of likely N-dealkylation sites (tertiary alicyclic amines) is 2. The third kappa shape index (κ3) is 3.47. The summed E-state index contributed by atoms with van der Waals surface area (Å²) in [5, 5.41) is 9.23. The van der Waals surface area contributed by atoms with Gasteiger partial charge in [-0.15, -0.1) is 0 Å². The minimum atomic E-state index is -0.794. The Bertz CT molecular complexity index is 868. The molecule has 8 heteroatoms. The molecular formula is C20H25N5O3. The van der Waals surface area contributed by atoms with Gasteiger partial charge in [0, 0.05) is 62.5 Å². The standard InChI is InChI=1S/C20H25N5O3/c21-18-14(3-1-8-23-18)9-24-10-15-11-25(19(28)16-4-2-7-22-16)13-20(15,12-24)6-5-17(26)27/h1-4,7-8,15,22H,5-6,9-13H2,(H2,21,23)(H,26,27)/t15-,20+/m0/s1. The molecule has 2 saturated heterocycles. The number of pyridine rings is 1. The molecule has 148 valence electrons. The van der Waals surface area contributed by atoms with Crippen LogP contribution in [0.3, 0.4) is 0 Å². The van der Waals surface area contributed by atoms with Crippen LogP contribution in [0.4, 0.5) is 5.82 Å². The minimum absolute atomic E-state index is 0.0165. The van der Waals surface area contributed by atoms with Crippen molar-refractivity contribution < 1.29 is 14.7 Å². The molecular weight excluding hydrogens is 358 g/mol. The van der Waals surface area contributed by atoms with Gasteiger partial charge in [-0.1, -0.05) is 6.07 Å². The monoisotopic (exact) mass is 383 g/mol. The van der Waals surface area contributed by atoms with E-state index < -0.39 is 5.97 Å². The Balaban J connectivity index is 1.50. The lowest BCUT2D eigenvalue weighted by Gasteiger charge is -2.29. The minimum Gasteiger partial charge on any atom is -0.481 e. The first-order valence-corrected chi connectivity index (χ1v) is 9.53. The Morgan fingerprint density at radius 3 is 2.86 bits per heavy atom. The molecule has 4 rings (SSSR count). The molecule has 1 amide bonds. The van der Waals surface area contributed by atoms with E-state index in [-0.39, 0.29) is 23.7 Å². The molecule has 4 heterocycles. The smallest absolute Gasteiger partial charge is 0.303 e. The van der Waals surface area contributed by atoms with Crippen LogP contribution in [-0.2, 0) is 11.3 Å². The number of H-pyrrole nitrogens is 1. The molecule has 0 spiro atoms. The van der Waals surface area contributed by atoms with Crippen molar-refractivity contribution in [2.45, 2.75) is 19.4 Å². The number of carbonyl (C=O) groups is 2. The average Bonchev–Trinajstić information content (AvgIpc) is 3.36. The maximum Gasteiger partial charge on any atom is 0.303 e. The molecule has 2 atom stereocenters. The molecule has 2 aromatic rings. The number of hydrogen-bond donors (Lipinski definition) is 3. The van der Waals surface area contributed by atoms with Gasteiger partial charge in [-0.3, -0.25) is 14.5 Å². The fraction of sp³-hybridized carbons (Fsp3) is 0.450. The largest absolute Gasteiger partial charge is 0.481 e. The molecule has 0 aliphatic carbocycles. The van der Waals surface area contributed by atoms with Gasteiger partial charge in [-0.25, -0.2) is 4.98 Å². The quantitative estimate of drug-likeness (QED) is 0.695. The molecule has 2 aliphatic heterocycles. The first kappa shape index (κ1) is 18.5. The second-order valence-corrected chi connectivity index (χ2v) is 7.94. The van der Waals surface area contributed by atoms with Crippen molar-refractivity contribution in [3.05, 3.63) is 47.9 Å². The fourth-order valence-electron chi connectivity index (χ4n) is 4.74. The van der Waals surface area contributed by atoms with E-state index in [1.54, 1.807) is 18.5 Å². The van der Waals surface area contributed by atoms with E-state index in [1.165, 1.54) is 0 Å². The summed E-state index contributed by atoms with van der Waals surface area (Å²) >= 11 is 0. The van der Waals surface area contributed by atoms with E-state index in [1.807, 2.05) is 23.1 Å². The summed E-state index contributed by atoms with van der Waals surface area (Å²) in [7, 11) is 0. The Hall–Kier alpha value is -2.87. The fourth-order valence-corrected chi connectivity index (χ4v) is 4.74. The van der Waals surface area contributed by atoms with E-state index in [0.29, 0.717) is 37.6 Å². The number of nitrogens with two attached hydrogens (primary N) is 1. The van der Waals surface area contributed by atoms with E-state index in [4.69, 9.17) is 5.73 Å². The zero-order valence-corrected chi connectivity index (χ0v) is 15.7. The first-order chi connectivity index (χ1) is 13.5. The van der Waals surface area contributed by atoms with Crippen molar-refractivity contribution in [2.24, 2.45) is 11.3 Å². The van der Waals surface area contributed by atoms with E-state index in [9.17, 15) is 14.7 Å². The van der Waals surface area contributed by atoms with Gasteiger partial charge in [0.15, 0.2) is 0 Å². The highest BCUT2D eigenvalue weighted by molar-refractivity contribution is 5.92. The summed E-state index contributed by atoms with van der Waals surface area (Å²) in [6.07, 6.45) is 4.10. The third-order valence-electron chi connectivity index (χ3n) is 6.10. The van der Waals surface area contributed by atoms with Crippen molar-refractivity contribution in [1.29, 1.82) is 0 Å². The number of aromatic amines is 1. The second-order valence-electron chi connectivity index (χ2n) is 7.94. The number of anilines is 1. The maximum absolute atomic E-state index is 12.8. The van der Waals surface area contributed by atoms with Crippen LogP contribution in [0.1, 0.15) is 28.9 Å². The highest BCUT2D eigenvalue weighted by Gasteiger charge is 2.53. The van der Waals surface area contributed by atoms with Crippen LogP contribution in [0.15, 0.2) is 36.7 Å². The molecule has 2 fully saturated rings. The molecule has 0 bridgehead atoms. The van der Waals surface area contributed by atoms with Crippen LogP contribution in [0, 0.1) is 11.3 Å². The molecule has 2 aromatic heterocycles. The Labute approximate surface area is 163 Å². The number of nitrogen functional groups attached to an aromatic ring is 1. The van der Waals surface area contributed by atoms with E-state index in [2.05, 4.69) is 14.9 Å². The Morgan fingerprint density at radius 1 is 1.29 bits per heavy atom. The van der Waals surface area contributed by atoms with Gasteiger partial charge in [0.05, 0.1) is 0 Å². The predicted octanol–water partition coefficient (Wildman–Crippen LogP) is 1.43. The van der Waals surface area contributed by atoms with Gasteiger partial charge in [-0.05, 0) is 30.5 Å². The summed E-state index contributed by atoms with van der Waals surface area (Å²) in [5.41, 5.74) is 7.35. The van der Waals surface area contributed by atoms with Gasteiger partial charge in [0.25, 0.3) is 5.91 Å². The van der Waals surface area contributed by atoms with Crippen molar-refractivity contribution in [3.63, 3.8) is 0 Å². The summed E-state index contributed by atoms with van der Waals surface area (Å²) < 4.78 is 0. The number of rotatable bonds is 6. The van der Waals surface area contributed by atoms with Gasteiger partial charge in [0.1, 0.15) is 11.5 Å². The van der Waals surface area contributed by atoms with Gasteiger partial charge in [0.2, 0.25) is 0 Å². The summed E-state index contributed by atoms with van der Waals surface area (Å²) in [5.74, 6) is -0.0271. The summed E-state index contributed by atoms with van der Waals surface area (Å²) in [4.78, 5) is 35.3. The lowest BCUT2D eigenvalue weighted by atomic mass is 9.77. The number of aromatic nitrogens is 2. The zero-order valence-electron chi connectivity index (χ0n) is 15.7. The Morgan fingerprint density at radius 2 is 2.14 bits per heavy atom. The van der Waals surface area contributed by atoms with Crippen LogP contribution in [0.5, 0.6) is 0 Å². The number of nitrogens with zero attached hydrogens (tertiary/aromatic N) is 3. The molecule has 4 N–H and O–H groups in total. The second kappa shape index (κ2) is 7.27. The number of aliphatic carboxylic acids is 1. The van der Waals surface area contributed by atoms with E-state index >= 15 is 0 Å². The van der Waals surface area contributed by atoms with Gasteiger partial charge < -0.3 is 20.7 Å². The number of hydrogen-bond acceptors (Lipinski definition) is 5. The molecule has 0 saturated carbocycles. The number of amides is 1. The van der Waals surface area contributed by atoms with E-state index in [0.717, 1.165) is 18.7 Å². The lowest BCUT2D eigenvalue weighted by Crippen LogP contribution is -2.37. The number of carboxylic acids is 1. The van der Waals surface area contributed by atoms with Crippen molar-refractivity contribution in [3.8, 4) is 0 Å². The topological polar surface area (TPSA) is 116 Å². The van der Waals surface area contributed by atoms with Crippen LogP contribution in [0.25, 0.3) is 0 Å². The third-order valence-corrected chi connectivity index (χ3v) is 6.10. The van der Waals surface area contributed by atoms with Crippen LogP contribution in [-0.4, -0.2) is 62.9 Å². The summed E-state index contributed by atoms with van der Waals surface area (Å²) in [6.45, 7) is 3.50. The molecule has 28 heavy (non-hydrogen) atoms. The molecule has 0 radical (unpaired) electrons. The van der Waals surface area contributed by atoms with Crippen molar-refractivity contribution >= 4 is 17.7 Å². The highest BCUT2D eigenvalue weighted by Crippen LogP contribution is 2.46. The molecule has 0 aromatic carbocycles. The lowest BCUT2D eigenvalue weighted by molar-refractivity contribution is -0.137. The average molecular weight is 383 g/mol. The van der Waals surface area contributed by atoms with Gasteiger partial charge >= 0.3 is 5.97 Å². The number of carboxylic acid groups (broad SMARTS) is 1. The van der Waals surface area contributed by atoms with Crippen molar-refractivity contribution in [1.82, 2.24) is 19.8 Å². The molecule has 8 nitrogen and oxygen atoms in total. The predicted molar refractivity (Wildman–Crippen MR) is 103 cm³/mol. The molecule has 2 aliphatic rings. The Kier molecular flexibility index (Phi) is 4.80. The number of nitrogens with one attached hydrogen (secondary N) is 1. The van der Waals surface area contributed by atoms with Crippen LogP contribution < -0.4 is 5.73 Å². The number of carbonyl (C=O) groups excluding carboxylic acids is 1. The maximum atomic E-state index is 12.8. The normalized spacial score (nSPS) is 24.4. The van der Waals surface area contributed by atoms with Crippen LogP contribution >= 0.6 is 0 Å². The van der Waals surface area contributed by atoms with Crippen LogP contribution in [0.2, 0.25) is 0 Å². The summed E-state index contributed by atoms with van der Waals surface area (Å²) in [6, 6.07) is 7.43. The zero-order chi connectivity index (χ0) is 19.7. The SMILES string of the molecule is Nc1ncccc1CN1C[C@H]2CN(C(=O)c3ccc[nH]3)C[C@@]2(CCC(=O)O)C1. The number of fused-ring (bicyclic) bond motifs is 1. The first-order valence-electron chi connectivity index (χ1n) is 9.53.